The van der Waals surface area contributed by atoms with Gasteiger partial charge in [-0.1, -0.05) is 35.9 Å². The molecule has 0 aromatic heterocycles. The Hall–Kier alpha value is -2.62. The first-order valence-corrected chi connectivity index (χ1v) is 7.11. The average Bonchev–Trinajstić information content (AvgIpc) is 2.51. The third kappa shape index (κ3) is 4.19. The van der Waals surface area contributed by atoms with E-state index in [2.05, 4.69) is 10.5 Å². The molecule has 4 heteroatoms. The van der Waals surface area contributed by atoms with Gasteiger partial charge in [-0.15, -0.1) is 0 Å². The minimum Gasteiger partial charge on any atom is -0.496 e. The van der Waals surface area contributed by atoms with Crippen LogP contribution in [0.1, 0.15) is 22.3 Å². The van der Waals surface area contributed by atoms with Crippen molar-refractivity contribution in [2.75, 3.05) is 7.11 Å². The molecule has 0 aliphatic heterocycles. The second kappa shape index (κ2) is 7.41. The summed E-state index contributed by atoms with van der Waals surface area (Å²) < 4.78 is 5.22. The zero-order chi connectivity index (χ0) is 15.9. The van der Waals surface area contributed by atoms with Crippen LogP contribution in [0.3, 0.4) is 0 Å². The Morgan fingerprint density at radius 1 is 1.23 bits per heavy atom. The second-order valence-corrected chi connectivity index (χ2v) is 5.14. The monoisotopic (exact) mass is 296 g/mol. The van der Waals surface area contributed by atoms with E-state index in [1.165, 1.54) is 0 Å². The van der Waals surface area contributed by atoms with E-state index in [9.17, 15) is 4.79 Å². The van der Waals surface area contributed by atoms with Gasteiger partial charge in [0.1, 0.15) is 5.75 Å². The smallest absolute Gasteiger partial charge is 0.244 e. The van der Waals surface area contributed by atoms with Gasteiger partial charge in [0.15, 0.2) is 0 Å². The fraction of sp³-hybridized carbons (Fsp3) is 0.222. The Bertz CT molecular complexity index is 693. The number of aryl methyl sites for hydroxylation is 2. The van der Waals surface area contributed by atoms with Crippen molar-refractivity contribution in [3.8, 4) is 5.75 Å². The number of benzene rings is 2. The summed E-state index contributed by atoms with van der Waals surface area (Å²) in [4.78, 5) is 12.0. The normalized spacial score (nSPS) is 10.7. The third-order valence-electron chi connectivity index (χ3n) is 3.39. The van der Waals surface area contributed by atoms with E-state index < -0.39 is 0 Å². The minimum absolute atomic E-state index is 0.139. The van der Waals surface area contributed by atoms with Crippen LogP contribution >= 0.6 is 0 Å². The summed E-state index contributed by atoms with van der Waals surface area (Å²) in [6.45, 7) is 4.01. The van der Waals surface area contributed by atoms with E-state index in [0.29, 0.717) is 6.42 Å². The Balaban J connectivity index is 1.98. The van der Waals surface area contributed by atoms with Crippen molar-refractivity contribution in [3.05, 3.63) is 64.7 Å². The number of hydrogen-bond acceptors (Lipinski definition) is 3. The fourth-order valence-electron chi connectivity index (χ4n) is 2.15. The molecule has 0 aliphatic rings. The van der Waals surface area contributed by atoms with Crippen LogP contribution in [0.4, 0.5) is 0 Å². The number of nitrogens with zero attached hydrogens (tertiary/aromatic N) is 1. The van der Waals surface area contributed by atoms with Crippen LogP contribution in [0.25, 0.3) is 0 Å². The summed E-state index contributed by atoms with van der Waals surface area (Å²) in [6, 6.07) is 13.6. The van der Waals surface area contributed by atoms with Crippen molar-refractivity contribution >= 4 is 12.1 Å². The van der Waals surface area contributed by atoms with E-state index in [4.69, 9.17) is 4.74 Å². The number of carbonyl (C=O) groups excluding carboxylic acids is 1. The summed E-state index contributed by atoms with van der Waals surface area (Å²) in [5, 5.41) is 3.99. The molecule has 22 heavy (non-hydrogen) atoms. The Morgan fingerprint density at radius 2 is 2.00 bits per heavy atom. The van der Waals surface area contributed by atoms with Crippen molar-refractivity contribution in [3.63, 3.8) is 0 Å². The van der Waals surface area contributed by atoms with Crippen LogP contribution in [-0.2, 0) is 11.2 Å². The van der Waals surface area contributed by atoms with E-state index >= 15 is 0 Å². The zero-order valence-electron chi connectivity index (χ0n) is 13.1. The summed E-state index contributed by atoms with van der Waals surface area (Å²) in [5.41, 5.74) is 6.64. The topological polar surface area (TPSA) is 50.7 Å². The predicted molar refractivity (Wildman–Crippen MR) is 88.4 cm³/mol. The molecule has 0 heterocycles. The van der Waals surface area contributed by atoms with Gasteiger partial charge in [0.25, 0.3) is 0 Å². The first kappa shape index (κ1) is 15.8. The molecule has 0 aliphatic carbocycles. The molecule has 2 aromatic rings. The van der Waals surface area contributed by atoms with Gasteiger partial charge < -0.3 is 4.74 Å². The van der Waals surface area contributed by atoms with Crippen molar-refractivity contribution in [1.82, 2.24) is 5.43 Å². The highest BCUT2D eigenvalue weighted by molar-refractivity contribution is 5.85. The molecule has 0 saturated carbocycles. The number of para-hydroxylation sites is 1. The number of hydrogen-bond donors (Lipinski definition) is 1. The number of nitrogens with one attached hydrogen (secondary N) is 1. The van der Waals surface area contributed by atoms with Gasteiger partial charge in [-0.25, -0.2) is 5.43 Å². The summed E-state index contributed by atoms with van der Waals surface area (Å²) in [6.07, 6.45) is 1.90. The van der Waals surface area contributed by atoms with Gasteiger partial charge in [0, 0.05) is 5.56 Å². The lowest BCUT2D eigenvalue weighted by molar-refractivity contribution is -0.120. The molecule has 0 fully saturated rings. The summed E-state index contributed by atoms with van der Waals surface area (Å²) in [7, 11) is 1.60. The standard InChI is InChI=1S/C18H20N2O2/c1-13-8-9-14(2)16(10-13)11-18(21)20-19-12-15-6-4-5-7-17(15)22-3/h4-10,12H,11H2,1-3H3,(H,20,21)/b19-12+. The molecule has 114 valence electrons. The van der Waals surface area contributed by atoms with Crippen LogP contribution in [0, 0.1) is 13.8 Å². The Kier molecular flexibility index (Phi) is 5.31. The highest BCUT2D eigenvalue weighted by atomic mass is 16.5. The Morgan fingerprint density at radius 3 is 2.77 bits per heavy atom. The van der Waals surface area contributed by atoms with Crippen molar-refractivity contribution < 1.29 is 9.53 Å². The molecular weight excluding hydrogens is 276 g/mol. The Labute approximate surface area is 130 Å². The maximum atomic E-state index is 12.0. The van der Waals surface area contributed by atoms with Gasteiger partial charge in [0.2, 0.25) is 5.91 Å². The molecule has 1 N–H and O–H groups in total. The zero-order valence-corrected chi connectivity index (χ0v) is 13.1. The lowest BCUT2D eigenvalue weighted by Crippen LogP contribution is -2.20. The van der Waals surface area contributed by atoms with E-state index in [0.717, 1.165) is 28.0 Å². The molecule has 1 amide bonds. The molecule has 2 rings (SSSR count). The number of methoxy groups -OCH3 is 1. The van der Waals surface area contributed by atoms with Crippen LogP contribution in [-0.4, -0.2) is 19.2 Å². The van der Waals surface area contributed by atoms with Crippen LogP contribution in [0.15, 0.2) is 47.6 Å². The van der Waals surface area contributed by atoms with Crippen molar-refractivity contribution in [1.29, 1.82) is 0 Å². The maximum Gasteiger partial charge on any atom is 0.244 e. The largest absolute Gasteiger partial charge is 0.496 e. The fourth-order valence-corrected chi connectivity index (χ4v) is 2.15. The van der Waals surface area contributed by atoms with Crippen molar-refractivity contribution in [2.24, 2.45) is 5.10 Å². The molecule has 0 radical (unpaired) electrons. The van der Waals surface area contributed by atoms with Gasteiger partial charge in [0.05, 0.1) is 19.7 Å². The summed E-state index contributed by atoms with van der Waals surface area (Å²) >= 11 is 0. The van der Waals surface area contributed by atoms with Gasteiger partial charge in [-0.2, -0.15) is 5.10 Å². The highest BCUT2D eigenvalue weighted by Gasteiger charge is 2.05. The lowest BCUT2D eigenvalue weighted by atomic mass is 10.0. The number of hydrazone groups is 1. The number of ether oxygens (including phenoxy) is 1. The quantitative estimate of drug-likeness (QED) is 0.681. The number of amides is 1. The highest BCUT2D eigenvalue weighted by Crippen LogP contribution is 2.14. The van der Waals surface area contributed by atoms with E-state index in [1.54, 1.807) is 13.3 Å². The molecule has 0 saturated heterocycles. The average molecular weight is 296 g/mol. The molecule has 0 atom stereocenters. The predicted octanol–water partition coefficient (Wildman–Crippen LogP) is 3.00. The molecule has 2 aromatic carbocycles. The lowest BCUT2D eigenvalue weighted by Gasteiger charge is -2.06. The first-order valence-electron chi connectivity index (χ1n) is 7.11. The molecule has 0 unspecified atom stereocenters. The molecular formula is C18H20N2O2. The van der Waals surface area contributed by atoms with Crippen molar-refractivity contribution in [2.45, 2.75) is 20.3 Å². The molecule has 0 spiro atoms. The van der Waals surface area contributed by atoms with E-state index in [1.807, 2.05) is 56.3 Å². The van der Waals surface area contributed by atoms with Gasteiger partial charge in [-0.3, -0.25) is 4.79 Å². The second-order valence-electron chi connectivity index (χ2n) is 5.14. The first-order chi connectivity index (χ1) is 10.6. The van der Waals surface area contributed by atoms with Crippen LogP contribution < -0.4 is 10.2 Å². The third-order valence-corrected chi connectivity index (χ3v) is 3.39. The van der Waals surface area contributed by atoms with E-state index in [-0.39, 0.29) is 5.91 Å². The van der Waals surface area contributed by atoms with Crippen LogP contribution in [0.2, 0.25) is 0 Å². The van der Waals surface area contributed by atoms with Gasteiger partial charge >= 0.3 is 0 Å². The maximum absolute atomic E-state index is 12.0. The number of carbonyl (C=O) groups is 1. The SMILES string of the molecule is COc1ccccc1/C=N/NC(=O)Cc1cc(C)ccc1C. The van der Waals surface area contributed by atoms with Gasteiger partial charge in [-0.05, 0) is 37.1 Å². The molecule has 4 nitrogen and oxygen atoms in total. The number of rotatable bonds is 5. The molecule has 0 bridgehead atoms. The van der Waals surface area contributed by atoms with Crippen LogP contribution in [0.5, 0.6) is 5.75 Å². The summed E-state index contributed by atoms with van der Waals surface area (Å²) in [5.74, 6) is 0.579. The minimum atomic E-state index is -0.139.